The standard InChI is InChI=1S/C12H14N4O2/c1-16(2)10-5-3-9(4-6-10)14-12(17)15-11-7-8-13-18-11/h3-8H,1-2H3,(H2,14,15,17). The number of carbonyl (C=O) groups excluding carboxylic acids is 1. The highest BCUT2D eigenvalue weighted by Crippen LogP contribution is 2.15. The number of aromatic nitrogens is 1. The monoisotopic (exact) mass is 246 g/mol. The summed E-state index contributed by atoms with van der Waals surface area (Å²) in [6.45, 7) is 0. The van der Waals surface area contributed by atoms with Gasteiger partial charge in [-0.25, -0.2) is 4.79 Å². The molecule has 2 rings (SSSR count). The number of benzene rings is 1. The molecule has 1 aromatic carbocycles. The summed E-state index contributed by atoms with van der Waals surface area (Å²) in [4.78, 5) is 13.6. The lowest BCUT2D eigenvalue weighted by Crippen LogP contribution is -2.19. The van der Waals surface area contributed by atoms with Crippen LogP contribution < -0.4 is 15.5 Å². The van der Waals surface area contributed by atoms with Crippen molar-refractivity contribution in [3.63, 3.8) is 0 Å². The average Bonchev–Trinajstić information content (AvgIpc) is 2.82. The van der Waals surface area contributed by atoms with Gasteiger partial charge in [0, 0.05) is 31.5 Å². The van der Waals surface area contributed by atoms with Crippen molar-refractivity contribution < 1.29 is 9.32 Å². The Balaban J connectivity index is 1.95. The van der Waals surface area contributed by atoms with Gasteiger partial charge >= 0.3 is 6.03 Å². The molecule has 0 saturated heterocycles. The minimum Gasteiger partial charge on any atom is -0.378 e. The van der Waals surface area contributed by atoms with E-state index in [2.05, 4.69) is 15.8 Å². The molecule has 0 aliphatic heterocycles. The van der Waals surface area contributed by atoms with Crippen LogP contribution in [0.2, 0.25) is 0 Å². The van der Waals surface area contributed by atoms with Crippen LogP contribution in [-0.4, -0.2) is 25.3 Å². The van der Waals surface area contributed by atoms with Crippen LogP contribution in [0, 0.1) is 0 Å². The second kappa shape index (κ2) is 5.22. The van der Waals surface area contributed by atoms with Gasteiger partial charge in [-0.1, -0.05) is 5.16 Å². The van der Waals surface area contributed by atoms with Gasteiger partial charge in [0.2, 0.25) is 5.88 Å². The first-order chi connectivity index (χ1) is 8.65. The van der Waals surface area contributed by atoms with Gasteiger partial charge in [0.25, 0.3) is 0 Å². The Labute approximate surface area is 105 Å². The number of carbonyl (C=O) groups is 1. The third-order valence-electron chi connectivity index (χ3n) is 2.32. The Bertz CT molecular complexity index is 505. The van der Waals surface area contributed by atoms with Crippen LogP contribution in [0.4, 0.5) is 22.1 Å². The van der Waals surface area contributed by atoms with Crippen LogP contribution >= 0.6 is 0 Å². The molecule has 6 heteroatoms. The summed E-state index contributed by atoms with van der Waals surface area (Å²) in [7, 11) is 3.91. The van der Waals surface area contributed by atoms with Gasteiger partial charge in [0.05, 0.1) is 6.20 Å². The molecule has 2 N–H and O–H groups in total. The smallest absolute Gasteiger partial charge is 0.326 e. The normalized spacial score (nSPS) is 9.89. The summed E-state index contributed by atoms with van der Waals surface area (Å²) in [5.41, 5.74) is 1.77. The van der Waals surface area contributed by atoms with E-state index in [0.717, 1.165) is 5.69 Å². The Hall–Kier alpha value is -2.50. The Morgan fingerprint density at radius 2 is 1.89 bits per heavy atom. The SMILES string of the molecule is CN(C)c1ccc(NC(=O)Nc2ccno2)cc1. The predicted molar refractivity (Wildman–Crippen MR) is 69.9 cm³/mol. The maximum Gasteiger partial charge on any atom is 0.326 e. The highest BCUT2D eigenvalue weighted by atomic mass is 16.5. The third kappa shape index (κ3) is 3.00. The van der Waals surface area contributed by atoms with E-state index in [-0.39, 0.29) is 6.03 Å². The number of hydrogen-bond acceptors (Lipinski definition) is 4. The van der Waals surface area contributed by atoms with Gasteiger partial charge in [-0.15, -0.1) is 0 Å². The first kappa shape index (κ1) is 12.0. The molecule has 0 spiro atoms. The Morgan fingerprint density at radius 3 is 2.44 bits per heavy atom. The van der Waals surface area contributed by atoms with Crippen LogP contribution in [0.25, 0.3) is 0 Å². The molecule has 18 heavy (non-hydrogen) atoms. The summed E-state index contributed by atoms with van der Waals surface area (Å²) in [6.07, 6.45) is 1.46. The quantitative estimate of drug-likeness (QED) is 0.872. The molecule has 0 saturated carbocycles. The summed E-state index contributed by atoms with van der Waals surface area (Å²) in [5.74, 6) is 0.303. The van der Waals surface area contributed by atoms with E-state index in [1.165, 1.54) is 6.20 Å². The van der Waals surface area contributed by atoms with Gasteiger partial charge in [0.15, 0.2) is 0 Å². The first-order valence-electron chi connectivity index (χ1n) is 5.41. The highest BCUT2D eigenvalue weighted by Gasteiger charge is 2.04. The fourth-order valence-corrected chi connectivity index (χ4v) is 1.40. The molecule has 0 bridgehead atoms. The molecule has 0 radical (unpaired) electrons. The first-order valence-corrected chi connectivity index (χ1v) is 5.41. The van der Waals surface area contributed by atoms with Crippen molar-refractivity contribution in [3.8, 4) is 0 Å². The highest BCUT2D eigenvalue weighted by molar-refractivity contribution is 5.98. The zero-order chi connectivity index (χ0) is 13.0. The fourth-order valence-electron chi connectivity index (χ4n) is 1.40. The van der Waals surface area contributed by atoms with Gasteiger partial charge in [-0.05, 0) is 24.3 Å². The lowest BCUT2D eigenvalue weighted by Gasteiger charge is -2.12. The third-order valence-corrected chi connectivity index (χ3v) is 2.32. The molecule has 0 fully saturated rings. The van der Waals surface area contributed by atoms with E-state index in [1.54, 1.807) is 6.07 Å². The van der Waals surface area contributed by atoms with Crippen molar-refractivity contribution in [1.29, 1.82) is 0 Å². The Morgan fingerprint density at radius 1 is 1.17 bits per heavy atom. The molecule has 0 aliphatic rings. The van der Waals surface area contributed by atoms with E-state index in [4.69, 9.17) is 4.52 Å². The van der Waals surface area contributed by atoms with E-state index in [1.807, 2.05) is 43.3 Å². The molecule has 0 atom stereocenters. The van der Waals surface area contributed by atoms with E-state index < -0.39 is 0 Å². The molecule has 2 amide bonds. The van der Waals surface area contributed by atoms with Crippen molar-refractivity contribution in [3.05, 3.63) is 36.5 Å². The van der Waals surface area contributed by atoms with Crippen molar-refractivity contribution in [1.82, 2.24) is 5.16 Å². The van der Waals surface area contributed by atoms with Crippen LogP contribution in [0.1, 0.15) is 0 Å². The minimum absolute atomic E-state index is 0.303. The zero-order valence-electron chi connectivity index (χ0n) is 10.2. The minimum atomic E-state index is -0.371. The lowest BCUT2D eigenvalue weighted by atomic mass is 10.2. The van der Waals surface area contributed by atoms with Crippen molar-refractivity contribution >= 4 is 23.3 Å². The summed E-state index contributed by atoms with van der Waals surface area (Å²) in [6, 6.07) is 8.69. The maximum absolute atomic E-state index is 11.6. The summed E-state index contributed by atoms with van der Waals surface area (Å²) in [5, 5.41) is 8.70. The van der Waals surface area contributed by atoms with Crippen LogP contribution in [0.15, 0.2) is 41.1 Å². The summed E-state index contributed by atoms with van der Waals surface area (Å²) >= 11 is 0. The van der Waals surface area contributed by atoms with Crippen LogP contribution in [0.3, 0.4) is 0 Å². The van der Waals surface area contributed by atoms with E-state index in [0.29, 0.717) is 11.6 Å². The van der Waals surface area contributed by atoms with Gasteiger partial charge in [0.1, 0.15) is 0 Å². The van der Waals surface area contributed by atoms with Gasteiger partial charge in [-0.3, -0.25) is 5.32 Å². The van der Waals surface area contributed by atoms with Gasteiger partial charge < -0.3 is 14.7 Å². The van der Waals surface area contributed by atoms with Crippen LogP contribution in [-0.2, 0) is 0 Å². The molecule has 94 valence electrons. The van der Waals surface area contributed by atoms with Crippen molar-refractivity contribution in [2.24, 2.45) is 0 Å². The number of urea groups is 1. The molecule has 2 aromatic rings. The second-order valence-corrected chi connectivity index (χ2v) is 3.90. The number of amides is 2. The second-order valence-electron chi connectivity index (χ2n) is 3.90. The molecular weight excluding hydrogens is 232 g/mol. The van der Waals surface area contributed by atoms with E-state index in [9.17, 15) is 4.79 Å². The number of hydrogen-bond donors (Lipinski definition) is 2. The number of anilines is 3. The van der Waals surface area contributed by atoms with Gasteiger partial charge in [-0.2, -0.15) is 0 Å². The summed E-state index contributed by atoms with van der Waals surface area (Å²) < 4.78 is 4.76. The zero-order valence-corrected chi connectivity index (χ0v) is 10.2. The fraction of sp³-hybridized carbons (Fsp3) is 0.167. The molecule has 0 unspecified atom stereocenters. The van der Waals surface area contributed by atoms with Crippen molar-refractivity contribution in [2.75, 3.05) is 29.6 Å². The van der Waals surface area contributed by atoms with Crippen molar-refractivity contribution in [2.45, 2.75) is 0 Å². The largest absolute Gasteiger partial charge is 0.378 e. The number of nitrogens with one attached hydrogen (secondary N) is 2. The maximum atomic E-state index is 11.6. The molecule has 0 aliphatic carbocycles. The molecule has 1 heterocycles. The molecule has 1 aromatic heterocycles. The average molecular weight is 246 g/mol. The predicted octanol–water partition coefficient (Wildman–Crippen LogP) is 2.38. The molecular formula is C12H14N4O2. The number of rotatable bonds is 3. The number of nitrogens with zero attached hydrogens (tertiary/aromatic N) is 2. The molecule has 6 nitrogen and oxygen atoms in total. The van der Waals surface area contributed by atoms with E-state index >= 15 is 0 Å². The van der Waals surface area contributed by atoms with Crippen LogP contribution in [0.5, 0.6) is 0 Å². The lowest BCUT2D eigenvalue weighted by molar-refractivity contribution is 0.261. The Kier molecular flexibility index (Phi) is 3.47. The topological polar surface area (TPSA) is 70.4 Å².